The van der Waals surface area contributed by atoms with Crippen molar-refractivity contribution in [3.63, 3.8) is 0 Å². The van der Waals surface area contributed by atoms with E-state index < -0.39 is 23.3 Å². The Bertz CT molecular complexity index is 487. The van der Waals surface area contributed by atoms with E-state index in [-0.39, 0.29) is 12.8 Å². The molecule has 0 spiro atoms. The number of thiophene rings is 1. The number of imide groups is 2. The van der Waals surface area contributed by atoms with Crippen molar-refractivity contribution in [2.75, 3.05) is 0 Å². The quantitative estimate of drug-likeness (QED) is 0.634. The van der Waals surface area contributed by atoms with Crippen molar-refractivity contribution in [1.82, 2.24) is 10.6 Å². The molecule has 1 fully saturated rings. The van der Waals surface area contributed by atoms with Gasteiger partial charge >= 0.3 is 6.03 Å². The zero-order chi connectivity index (χ0) is 13.2. The molecule has 1 aliphatic heterocycles. The van der Waals surface area contributed by atoms with E-state index in [0.717, 1.165) is 5.56 Å². The van der Waals surface area contributed by atoms with Crippen LogP contribution < -0.4 is 10.6 Å². The molecule has 0 radical (unpaired) electrons. The van der Waals surface area contributed by atoms with Crippen LogP contribution in [0.5, 0.6) is 0 Å². The van der Waals surface area contributed by atoms with Crippen LogP contribution in [0, 0.1) is 5.41 Å². The summed E-state index contributed by atoms with van der Waals surface area (Å²) in [6.45, 7) is 3.57. The molecule has 2 heterocycles. The summed E-state index contributed by atoms with van der Waals surface area (Å²) in [5.74, 6) is -1.13. The van der Waals surface area contributed by atoms with E-state index in [1.54, 1.807) is 0 Å². The van der Waals surface area contributed by atoms with Gasteiger partial charge in [0.15, 0.2) is 0 Å². The van der Waals surface area contributed by atoms with E-state index in [4.69, 9.17) is 0 Å². The molecule has 0 aromatic carbocycles. The van der Waals surface area contributed by atoms with Crippen LogP contribution in [-0.4, -0.2) is 17.8 Å². The average molecular weight is 264 g/mol. The largest absolute Gasteiger partial charge is 0.328 e. The summed E-state index contributed by atoms with van der Waals surface area (Å²) in [4.78, 5) is 35.1. The Hall–Kier alpha value is -1.95. The van der Waals surface area contributed by atoms with Gasteiger partial charge in [-0.25, -0.2) is 4.79 Å². The van der Waals surface area contributed by atoms with Gasteiger partial charge in [-0.15, -0.1) is 6.58 Å². The maximum absolute atomic E-state index is 12.0. The van der Waals surface area contributed by atoms with Crippen LogP contribution in [0.3, 0.4) is 0 Å². The Balaban J connectivity index is 2.35. The van der Waals surface area contributed by atoms with Crippen LogP contribution in [0.25, 0.3) is 0 Å². The highest BCUT2D eigenvalue weighted by Crippen LogP contribution is 2.31. The summed E-state index contributed by atoms with van der Waals surface area (Å²) in [5.41, 5.74) is -0.391. The minimum atomic E-state index is -1.28. The van der Waals surface area contributed by atoms with Gasteiger partial charge in [0.2, 0.25) is 11.8 Å². The number of urea groups is 1. The van der Waals surface area contributed by atoms with Crippen LogP contribution in [0.1, 0.15) is 12.0 Å². The number of barbiturate groups is 1. The predicted octanol–water partition coefficient (Wildman–Crippen LogP) is 1.22. The highest BCUT2D eigenvalue weighted by atomic mass is 32.1. The van der Waals surface area contributed by atoms with Crippen molar-refractivity contribution in [3.8, 4) is 0 Å². The molecule has 0 unspecified atom stereocenters. The molecule has 2 rings (SSSR count). The third-order valence-corrected chi connectivity index (χ3v) is 3.63. The Kier molecular flexibility index (Phi) is 3.29. The highest BCUT2D eigenvalue weighted by Gasteiger charge is 2.49. The molecule has 1 aromatic rings. The van der Waals surface area contributed by atoms with E-state index in [9.17, 15) is 14.4 Å². The summed E-state index contributed by atoms with van der Waals surface area (Å²) < 4.78 is 0. The second-order valence-corrected chi connectivity index (χ2v) is 4.90. The standard InChI is InChI=1S/C12H12N2O3S/c1-2-4-12(6-8-3-5-18-7-8)9(15)13-11(17)14-10(12)16/h2-3,5,7H,1,4,6H2,(H2,13,14,15,16,17). The lowest BCUT2D eigenvalue weighted by atomic mass is 9.76. The molecule has 5 nitrogen and oxygen atoms in total. The lowest BCUT2D eigenvalue weighted by molar-refractivity contribution is -0.144. The normalized spacial score (nSPS) is 18.1. The van der Waals surface area contributed by atoms with Crippen LogP contribution in [0.15, 0.2) is 29.5 Å². The average Bonchev–Trinajstić information content (AvgIpc) is 2.78. The topological polar surface area (TPSA) is 75.3 Å². The molecule has 1 aromatic heterocycles. The van der Waals surface area contributed by atoms with Crippen molar-refractivity contribution in [1.29, 1.82) is 0 Å². The van der Waals surface area contributed by atoms with Gasteiger partial charge < -0.3 is 0 Å². The fraction of sp³-hybridized carbons (Fsp3) is 0.250. The number of carbonyl (C=O) groups excluding carboxylic acids is 3. The van der Waals surface area contributed by atoms with Crippen molar-refractivity contribution >= 4 is 29.2 Å². The fourth-order valence-electron chi connectivity index (χ4n) is 1.99. The highest BCUT2D eigenvalue weighted by molar-refractivity contribution is 7.07. The zero-order valence-electron chi connectivity index (χ0n) is 9.56. The second-order valence-electron chi connectivity index (χ2n) is 4.12. The number of allylic oxidation sites excluding steroid dienone is 1. The number of nitrogens with one attached hydrogen (secondary N) is 2. The number of amides is 4. The summed E-state index contributed by atoms with van der Waals surface area (Å²) in [7, 11) is 0. The van der Waals surface area contributed by atoms with Crippen molar-refractivity contribution in [2.45, 2.75) is 12.8 Å². The summed E-state index contributed by atoms with van der Waals surface area (Å²) in [6.07, 6.45) is 1.96. The summed E-state index contributed by atoms with van der Waals surface area (Å²) >= 11 is 1.49. The third kappa shape index (κ3) is 2.06. The smallest absolute Gasteiger partial charge is 0.277 e. The molecule has 1 aliphatic rings. The van der Waals surface area contributed by atoms with Gasteiger partial charge in [0.1, 0.15) is 5.41 Å². The van der Waals surface area contributed by atoms with Crippen LogP contribution >= 0.6 is 11.3 Å². The Morgan fingerprint density at radius 1 is 1.28 bits per heavy atom. The van der Waals surface area contributed by atoms with Gasteiger partial charge in [0.05, 0.1) is 0 Å². The van der Waals surface area contributed by atoms with Crippen molar-refractivity contribution < 1.29 is 14.4 Å². The number of hydrogen-bond acceptors (Lipinski definition) is 4. The van der Waals surface area contributed by atoms with Gasteiger partial charge in [-0.2, -0.15) is 11.3 Å². The first-order chi connectivity index (χ1) is 8.58. The number of carbonyl (C=O) groups is 3. The third-order valence-electron chi connectivity index (χ3n) is 2.90. The SMILES string of the molecule is C=CCC1(Cc2ccsc2)C(=O)NC(=O)NC1=O. The molecule has 0 saturated carbocycles. The van der Waals surface area contributed by atoms with Crippen LogP contribution in [-0.2, 0) is 16.0 Å². The minimum Gasteiger partial charge on any atom is -0.277 e. The molecule has 2 N–H and O–H groups in total. The van der Waals surface area contributed by atoms with E-state index in [1.165, 1.54) is 17.4 Å². The Morgan fingerprint density at radius 2 is 1.94 bits per heavy atom. The molecule has 4 amide bonds. The minimum absolute atomic E-state index is 0.188. The first-order valence-electron chi connectivity index (χ1n) is 5.37. The summed E-state index contributed by atoms with van der Waals surface area (Å²) in [6, 6.07) is 1.09. The number of rotatable bonds is 4. The zero-order valence-corrected chi connectivity index (χ0v) is 10.4. The fourth-order valence-corrected chi connectivity index (χ4v) is 2.65. The van der Waals surface area contributed by atoms with E-state index in [1.807, 2.05) is 16.8 Å². The van der Waals surface area contributed by atoms with Gasteiger partial charge in [0, 0.05) is 0 Å². The molecule has 0 aliphatic carbocycles. The first-order valence-corrected chi connectivity index (χ1v) is 6.31. The van der Waals surface area contributed by atoms with Crippen molar-refractivity contribution in [2.24, 2.45) is 5.41 Å². The molecular formula is C12H12N2O3S. The first kappa shape index (κ1) is 12.5. The van der Waals surface area contributed by atoms with Gasteiger partial charge in [-0.05, 0) is 35.2 Å². The Morgan fingerprint density at radius 3 is 2.44 bits per heavy atom. The predicted molar refractivity (Wildman–Crippen MR) is 67.0 cm³/mol. The molecule has 18 heavy (non-hydrogen) atoms. The molecule has 94 valence electrons. The van der Waals surface area contributed by atoms with Crippen molar-refractivity contribution in [3.05, 3.63) is 35.0 Å². The van der Waals surface area contributed by atoms with E-state index >= 15 is 0 Å². The van der Waals surface area contributed by atoms with Crippen LogP contribution in [0.2, 0.25) is 0 Å². The molecule has 6 heteroatoms. The lowest BCUT2D eigenvalue weighted by Gasteiger charge is -2.32. The second kappa shape index (κ2) is 4.73. The molecular weight excluding hydrogens is 252 g/mol. The van der Waals surface area contributed by atoms with Crippen LogP contribution in [0.4, 0.5) is 4.79 Å². The summed E-state index contributed by atoms with van der Waals surface area (Å²) in [5, 5.41) is 8.04. The molecule has 0 atom stereocenters. The number of hydrogen-bond donors (Lipinski definition) is 2. The molecule has 1 saturated heterocycles. The maximum Gasteiger partial charge on any atom is 0.328 e. The monoisotopic (exact) mass is 264 g/mol. The van der Waals surface area contributed by atoms with E-state index in [0.29, 0.717) is 0 Å². The maximum atomic E-state index is 12.0. The van der Waals surface area contributed by atoms with Gasteiger partial charge in [-0.1, -0.05) is 6.08 Å². The lowest BCUT2D eigenvalue weighted by Crippen LogP contribution is -2.63. The van der Waals surface area contributed by atoms with E-state index in [2.05, 4.69) is 17.2 Å². The molecule has 0 bridgehead atoms. The van der Waals surface area contributed by atoms with Gasteiger partial charge in [0.25, 0.3) is 0 Å². The Labute approximate surface area is 108 Å². The van der Waals surface area contributed by atoms with Gasteiger partial charge in [-0.3, -0.25) is 20.2 Å².